The van der Waals surface area contributed by atoms with Gasteiger partial charge in [0.1, 0.15) is 0 Å². The van der Waals surface area contributed by atoms with Crippen molar-refractivity contribution < 1.29 is 5.11 Å². The molecule has 1 heterocycles. The monoisotopic (exact) mass is 251 g/mol. The molecule has 0 radical (unpaired) electrons. The first-order valence-corrected chi connectivity index (χ1v) is 7.27. The fourth-order valence-corrected chi connectivity index (χ4v) is 3.44. The number of nitrogens with one attached hydrogen (secondary N) is 1. The molecule has 2 unspecified atom stereocenters. The summed E-state index contributed by atoms with van der Waals surface area (Å²) in [6.45, 7) is 3.93. The molecule has 0 bridgehead atoms. The summed E-state index contributed by atoms with van der Waals surface area (Å²) in [7, 11) is 0. The van der Waals surface area contributed by atoms with Crippen LogP contribution in [0.4, 0.5) is 0 Å². The van der Waals surface area contributed by atoms with Gasteiger partial charge in [-0.05, 0) is 44.4 Å². The second-order valence-corrected chi connectivity index (χ2v) is 6.09. The summed E-state index contributed by atoms with van der Waals surface area (Å²) in [5.74, 6) is 0. The highest BCUT2D eigenvalue weighted by molar-refractivity contribution is 8.00. The maximum atomic E-state index is 9.15. The Bertz CT molecular complexity index is 329. The van der Waals surface area contributed by atoms with Crippen LogP contribution < -0.4 is 5.32 Å². The molecule has 2 rings (SSSR count). The Morgan fingerprint density at radius 2 is 2.29 bits per heavy atom. The van der Waals surface area contributed by atoms with Gasteiger partial charge in [-0.2, -0.15) is 0 Å². The van der Waals surface area contributed by atoms with Gasteiger partial charge in [-0.15, -0.1) is 11.8 Å². The van der Waals surface area contributed by atoms with E-state index in [1.165, 1.54) is 16.9 Å². The summed E-state index contributed by atoms with van der Waals surface area (Å²) >= 11 is 1.99. The molecule has 0 aliphatic carbocycles. The van der Waals surface area contributed by atoms with Gasteiger partial charge in [0.2, 0.25) is 0 Å². The third-order valence-corrected chi connectivity index (χ3v) is 4.38. The molecule has 3 heteroatoms. The molecule has 0 saturated carbocycles. The molecule has 2 atom stereocenters. The lowest BCUT2D eigenvalue weighted by Gasteiger charge is -2.10. The van der Waals surface area contributed by atoms with E-state index in [1.807, 2.05) is 18.7 Å². The standard InChI is InChI=1S/C14H21NOS/c1-11(16)5-4-8-15-10-13-9-12-6-2-3-7-14(12)17-13/h2-3,6-7,11,13,15-16H,4-5,8-10H2,1H3. The Morgan fingerprint density at radius 1 is 1.47 bits per heavy atom. The second-order valence-electron chi connectivity index (χ2n) is 4.75. The van der Waals surface area contributed by atoms with Gasteiger partial charge in [0, 0.05) is 16.7 Å². The molecule has 0 spiro atoms. The maximum Gasteiger partial charge on any atom is 0.0512 e. The molecule has 1 aromatic rings. The van der Waals surface area contributed by atoms with E-state index in [0.29, 0.717) is 5.25 Å². The highest BCUT2D eigenvalue weighted by Gasteiger charge is 2.20. The van der Waals surface area contributed by atoms with Crippen molar-refractivity contribution >= 4 is 11.8 Å². The van der Waals surface area contributed by atoms with E-state index in [2.05, 4.69) is 29.6 Å². The van der Waals surface area contributed by atoms with Crippen molar-refractivity contribution in [3.05, 3.63) is 29.8 Å². The lowest BCUT2D eigenvalue weighted by Crippen LogP contribution is -2.25. The van der Waals surface area contributed by atoms with Crippen LogP contribution in [0.3, 0.4) is 0 Å². The zero-order chi connectivity index (χ0) is 12.1. The summed E-state index contributed by atoms with van der Waals surface area (Å²) in [4.78, 5) is 1.45. The van der Waals surface area contributed by atoms with Crippen LogP contribution in [0.1, 0.15) is 25.3 Å². The summed E-state index contributed by atoms with van der Waals surface area (Å²) in [6.07, 6.45) is 2.97. The van der Waals surface area contributed by atoms with Gasteiger partial charge < -0.3 is 10.4 Å². The van der Waals surface area contributed by atoms with Crippen LogP contribution in [0.15, 0.2) is 29.2 Å². The largest absolute Gasteiger partial charge is 0.393 e. The lowest BCUT2D eigenvalue weighted by molar-refractivity contribution is 0.181. The quantitative estimate of drug-likeness (QED) is 0.762. The summed E-state index contributed by atoms with van der Waals surface area (Å²) in [5.41, 5.74) is 1.49. The van der Waals surface area contributed by atoms with Gasteiger partial charge in [-0.25, -0.2) is 0 Å². The number of thioether (sulfide) groups is 1. The molecule has 2 N–H and O–H groups in total. The summed E-state index contributed by atoms with van der Waals surface area (Å²) in [6, 6.07) is 8.69. The molecule has 94 valence electrons. The summed E-state index contributed by atoms with van der Waals surface area (Å²) < 4.78 is 0. The lowest BCUT2D eigenvalue weighted by atomic mass is 10.1. The molecular formula is C14H21NOS. The Hall–Kier alpha value is -0.510. The highest BCUT2D eigenvalue weighted by atomic mass is 32.2. The third kappa shape index (κ3) is 4.02. The first-order chi connectivity index (χ1) is 8.25. The minimum atomic E-state index is -0.165. The zero-order valence-corrected chi connectivity index (χ0v) is 11.2. The fraction of sp³-hybridized carbons (Fsp3) is 0.571. The number of aliphatic hydroxyl groups excluding tert-OH is 1. The predicted molar refractivity (Wildman–Crippen MR) is 73.6 cm³/mol. The first kappa shape index (κ1) is 12.9. The molecule has 0 fully saturated rings. The molecule has 1 aliphatic rings. The number of benzene rings is 1. The minimum Gasteiger partial charge on any atom is -0.393 e. The van der Waals surface area contributed by atoms with Crippen LogP contribution in [-0.4, -0.2) is 29.5 Å². The van der Waals surface area contributed by atoms with E-state index in [0.717, 1.165) is 25.9 Å². The smallest absolute Gasteiger partial charge is 0.0512 e. The number of aliphatic hydroxyl groups is 1. The van der Waals surface area contributed by atoms with Crippen LogP contribution in [0, 0.1) is 0 Å². The Balaban J connectivity index is 1.63. The van der Waals surface area contributed by atoms with Crippen molar-refractivity contribution in [2.24, 2.45) is 0 Å². The normalized spacial score (nSPS) is 20.2. The maximum absolute atomic E-state index is 9.15. The van der Waals surface area contributed by atoms with Crippen molar-refractivity contribution in [1.29, 1.82) is 0 Å². The van der Waals surface area contributed by atoms with Gasteiger partial charge in [0.15, 0.2) is 0 Å². The molecule has 1 aromatic carbocycles. The van der Waals surface area contributed by atoms with E-state index in [1.54, 1.807) is 0 Å². The van der Waals surface area contributed by atoms with E-state index >= 15 is 0 Å². The Morgan fingerprint density at radius 3 is 3.06 bits per heavy atom. The van der Waals surface area contributed by atoms with Crippen LogP contribution in [-0.2, 0) is 6.42 Å². The predicted octanol–water partition coefficient (Wildman–Crippen LogP) is 2.45. The Kier molecular flexibility index (Phi) is 4.89. The van der Waals surface area contributed by atoms with Gasteiger partial charge in [-0.1, -0.05) is 18.2 Å². The molecule has 0 amide bonds. The van der Waals surface area contributed by atoms with E-state index in [4.69, 9.17) is 5.11 Å². The molecular weight excluding hydrogens is 230 g/mol. The van der Waals surface area contributed by atoms with Crippen LogP contribution in [0.25, 0.3) is 0 Å². The summed E-state index contributed by atoms with van der Waals surface area (Å²) in [5, 5.41) is 13.3. The molecule has 2 nitrogen and oxygen atoms in total. The Labute approximate surface area is 108 Å². The van der Waals surface area contributed by atoms with E-state index in [-0.39, 0.29) is 6.10 Å². The number of hydrogen-bond donors (Lipinski definition) is 2. The number of hydrogen-bond acceptors (Lipinski definition) is 3. The number of fused-ring (bicyclic) bond motifs is 1. The molecule has 0 aromatic heterocycles. The zero-order valence-electron chi connectivity index (χ0n) is 10.4. The van der Waals surface area contributed by atoms with Gasteiger partial charge in [0.25, 0.3) is 0 Å². The van der Waals surface area contributed by atoms with Gasteiger partial charge in [-0.3, -0.25) is 0 Å². The third-order valence-electron chi connectivity index (χ3n) is 3.06. The second kappa shape index (κ2) is 6.43. The van der Waals surface area contributed by atoms with Crippen molar-refractivity contribution in [2.45, 2.75) is 42.4 Å². The highest BCUT2D eigenvalue weighted by Crippen LogP contribution is 2.36. The van der Waals surface area contributed by atoms with Crippen LogP contribution in [0.5, 0.6) is 0 Å². The molecule has 0 saturated heterocycles. The average molecular weight is 251 g/mol. The van der Waals surface area contributed by atoms with Crippen LogP contribution in [0.2, 0.25) is 0 Å². The first-order valence-electron chi connectivity index (χ1n) is 6.39. The van der Waals surface area contributed by atoms with Crippen molar-refractivity contribution in [3.8, 4) is 0 Å². The van der Waals surface area contributed by atoms with Crippen molar-refractivity contribution in [2.75, 3.05) is 13.1 Å². The fourth-order valence-electron chi connectivity index (χ4n) is 2.15. The van der Waals surface area contributed by atoms with Crippen LogP contribution >= 0.6 is 11.8 Å². The van der Waals surface area contributed by atoms with E-state index in [9.17, 15) is 0 Å². The van der Waals surface area contributed by atoms with Gasteiger partial charge in [0.05, 0.1) is 6.10 Å². The van der Waals surface area contributed by atoms with Crippen molar-refractivity contribution in [1.82, 2.24) is 5.32 Å². The van der Waals surface area contributed by atoms with Gasteiger partial charge >= 0.3 is 0 Å². The molecule has 1 aliphatic heterocycles. The average Bonchev–Trinajstić information content (AvgIpc) is 2.70. The van der Waals surface area contributed by atoms with E-state index < -0.39 is 0 Å². The SMILES string of the molecule is CC(O)CCCNCC1Cc2ccccc2S1. The van der Waals surface area contributed by atoms with Crippen molar-refractivity contribution in [3.63, 3.8) is 0 Å². The topological polar surface area (TPSA) is 32.3 Å². The number of rotatable bonds is 6. The minimum absolute atomic E-state index is 0.165. The molecule has 17 heavy (non-hydrogen) atoms.